The van der Waals surface area contributed by atoms with Gasteiger partial charge in [0.15, 0.2) is 0 Å². The summed E-state index contributed by atoms with van der Waals surface area (Å²) >= 11 is 1.87. The zero-order valence-corrected chi connectivity index (χ0v) is 9.83. The third-order valence-corrected chi connectivity index (χ3v) is 3.70. The maximum absolute atomic E-state index is 10.6. The van der Waals surface area contributed by atoms with Crippen LogP contribution in [0, 0.1) is 0 Å². The molecule has 2 heterocycles. The lowest BCUT2D eigenvalue weighted by atomic mass is 10.2. The molecule has 5 nitrogen and oxygen atoms in total. The Morgan fingerprint density at radius 3 is 3.24 bits per heavy atom. The van der Waals surface area contributed by atoms with E-state index < -0.39 is 6.09 Å². The number of benzene rings is 1. The zero-order valence-electron chi connectivity index (χ0n) is 9.01. The van der Waals surface area contributed by atoms with E-state index in [0.29, 0.717) is 5.69 Å². The summed E-state index contributed by atoms with van der Waals surface area (Å²) < 4.78 is 2.20. The Labute approximate surface area is 102 Å². The van der Waals surface area contributed by atoms with Crippen LogP contribution in [0.4, 0.5) is 10.5 Å². The third kappa shape index (κ3) is 1.84. The lowest BCUT2D eigenvalue weighted by molar-refractivity contribution is 0.210. The Morgan fingerprint density at radius 2 is 2.41 bits per heavy atom. The second-order valence-corrected chi connectivity index (χ2v) is 4.97. The predicted molar refractivity (Wildman–Crippen MR) is 67.5 cm³/mol. The molecule has 0 bridgehead atoms. The molecule has 3 rings (SSSR count). The number of imidazole rings is 1. The number of nitrogens with one attached hydrogen (secondary N) is 1. The molecule has 0 fully saturated rings. The number of hydrogen-bond acceptors (Lipinski definition) is 3. The van der Waals surface area contributed by atoms with E-state index in [4.69, 9.17) is 5.11 Å². The van der Waals surface area contributed by atoms with Gasteiger partial charge in [-0.1, -0.05) is 0 Å². The number of thioether (sulfide) groups is 1. The van der Waals surface area contributed by atoms with Gasteiger partial charge in [0.1, 0.15) is 5.82 Å². The van der Waals surface area contributed by atoms with Gasteiger partial charge in [0.05, 0.1) is 16.8 Å². The minimum absolute atomic E-state index is 0.563. The molecule has 1 aromatic heterocycles. The molecule has 0 aliphatic carbocycles. The van der Waals surface area contributed by atoms with E-state index >= 15 is 0 Å². The van der Waals surface area contributed by atoms with Crippen molar-refractivity contribution in [1.82, 2.24) is 9.55 Å². The molecule has 1 aliphatic heterocycles. The van der Waals surface area contributed by atoms with Crippen molar-refractivity contribution in [2.45, 2.75) is 12.3 Å². The van der Waals surface area contributed by atoms with Crippen LogP contribution >= 0.6 is 11.8 Å². The van der Waals surface area contributed by atoms with E-state index in [1.807, 2.05) is 17.8 Å². The number of nitrogens with zero attached hydrogens (tertiary/aromatic N) is 2. The molecule has 17 heavy (non-hydrogen) atoms. The van der Waals surface area contributed by atoms with E-state index in [1.54, 1.807) is 12.1 Å². The Morgan fingerprint density at radius 1 is 1.53 bits per heavy atom. The molecule has 2 N–H and O–H groups in total. The Kier molecular flexibility index (Phi) is 2.44. The fourth-order valence-electron chi connectivity index (χ4n) is 2.06. The molecule has 0 spiro atoms. The largest absolute Gasteiger partial charge is 0.465 e. The van der Waals surface area contributed by atoms with Crippen LogP contribution in [-0.2, 0) is 12.3 Å². The van der Waals surface area contributed by atoms with Gasteiger partial charge in [-0.2, -0.15) is 11.8 Å². The van der Waals surface area contributed by atoms with Crippen molar-refractivity contribution in [2.75, 3.05) is 11.1 Å². The number of aryl methyl sites for hydroxylation is 1. The van der Waals surface area contributed by atoms with Crippen molar-refractivity contribution in [3.63, 3.8) is 0 Å². The van der Waals surface area contributed by atoms with E-state index in [0.717, 1.165) is 34.9 Å². The standard InChI is InChI=1S/C11H11N3O2S/c15-11(16)12-7-1-2-9-8(5-7)13-10-6-17-4-3-14(9)10/h1-2,5,12H,3-4,6H2,(H,15,16). The van der Waals surface area contributed by atoms with Crippen molar-refractivity contribution in [3.05, 3.63) is 24.0 Å². The van der Waals surface area contributed by atoms with Gasteiger partial charge in [0, 0.05) is 18.0 Å². The normalized spacial score (nSPS) is 14.6. The average Bonchev–Trinajstić information content (AvgIpc) is 2.65. The fraction of sp³-hybridized carbons (Fsp3) is 0.273. The molecule has 0 saturated carbocycles. The zero-order chi connectivity index (χ0) is 11.8. The molecule has 0 radical (unpaired) electrons. The molecule has 1 aromatic carbocycles. The van der Waals surface area contributed by atoms with Crippen LogP contribution in [0.1, 0.15) is 5.82 Å². The molecule has 6 heteroatoms. The molecule has 0 atom stereocenters. The Bertz CT molecular complexity index is 594. The van der Waals surface area contributed by atoms with Gasteiger partial charge in [-0.15, -0.1) is 0 Å². The topological polar surface area (TPSA) is 67.2 Å². The summed E-state index contributed by atoms with van der Waals surface area (Å²) in [6, 6.07) is 5.47. The summed E-state index contributed by atoms with van der Waals surface area (Å²) in [5.41, 5.74) is 2.50. The first-order chi connectivity index (χ1) is 8.24. The van der Waals surface area contributed by atoms with Crippen molar-refractivity contribution >= 4 is 34.6 Å². The third-order valence-electron chi connectivity index (χ3n) is 2.77. The quantitative estimate of drug-likeness (QED) is 0.814. The van der Waals surface area contributed by atoms with Crippen LogP contribution in [0.25, 0.3) is 11.0 Å². The first-order valence-electron chi connectivity index (χ1n) is 5.31. The van der Waals surface area contributed by atoms with E-state index in [9.17, 15) is 4.79 Å². The van der Waals surface area contributed by atoms with Crippen molar-refractivity contribution in [3.8, 4) is 0 Å². The van der Waals surface area contributed by atoms with Crippen molar-refractivity contribution in [2.24, 2.45) is 0 Å². The van der Waals surface area contributed by atoms with Crippen LogP contribution < -0.4 is 5.32 Å². The van der Waals surface area contributed by atoms with Crippen LogP contribution in [0.3, 0.4) is 0 Å². The van der Waals surface area contributed by atoms with Gasteiger partial charge in [-0.25, -0.2) is 9.78 Å². The van der Waals surface area contributed by atoms with Gasteiger partial charge in [-0.3, -0.25) is 5.32 Å². The molecule has 88 valence electrons. The lowest BCUT2D eigenvalue weighted by Crippen LogP contribution is -2.10. The second-order valence-electron chi connectivity index (χ2n) is 3.87. The monoisotopic (exact) mass is 249 g/mol. The number of hydrogen-bond donors (Lipinski definition) is 2. The average molecular weight is 249 g/mol. The Hall–Kier alpha value is -1.69. The maximum Gasteiger partial charge on any atom is 0.409 e. The molecular weight excluding hydrogens is 238 g/mol. The fourth-order valence-corrected chi connectivity index (χ4v) is 2.92. The van der Waals surface area contributed by atoms with Gasteiger partial charge in [-0.05, 0) is 18.2 Å². The number of amides is 1. The van der Waals surface area contributed by atoms with Crippen LogP contribution in [0.2, 0.25) is 0 Å². The SMILES string of the molecule is O=C(O)Nc1ccc2c(c1)nc1n2CCSC1. The predicted octanol–water partition coefficient (Wildman–Crippen LogP) is 2.37. The summed E-state index contributed by atoms with van der Waals surface area (Å²) in [7, 11) is 0. The molecule has 1 amide bonds. The number of aromatic nitrogens is 2. The molecule has 0 saturated heterocycles. The van der Waals surface area contributed by atoms with Gasteiger partial charge in [0.2, 0.25) is 0 Å². The highest BCUT2D eigenvalue weighted by molar-refractivity contribution is 7.98. The van der Waals surface area contributed by atoms with E-state index in [-0.39, 0.29) is 0 Å². The number of anilines is 1. The number of carboxylic acid groups (broad SMARTS) is 1. The van der Waals surface area contributed by atoms with Crippen molar-refractivity contribution < 1.29 is 9.90 Å². The van der Waals surface area contributed by atoms with Gasteiger partial charge >= 0.3 is 6.09 Å². The Balaban J connectivity index is 2.08. The van der Waals surface area contributed by atoms with Crippen LogP contribution in [-0.4, -0.2) is 26.5 Å². The summed E-state index contributed by atoms with van der Waals surface area (Å²) in [4.78, 5) is 15.1. The van der Waals surface area contributed by atoms with E-state index in [1.165, 1.54) is 0 Å². The lowest BCUT2D eigenvalue weighted by Gasteiger charge is -2.13. The molecule has 0 unspecified atom stereocenters. The summed E-state index contributed by atoms with van der Waals surface area (Å²) in [6.45, 7) is 0.974. The summed E-state index contributed by atoms with van der Waals surface area (Å²) in [5, 5.41) is 11.0. The van der Waals surface area contributed by atoms with E-state index in [2.05, 4.69) is 14.9 Å². The summed E-state index contributed by atoms with van der Waals surface area (Å²) in [6.07, 6.45) is -1.05. The smallest absolute Gasteiger partial charge is 0.409 e. The molecule has 2 aromatic rings. The van der Waals surface area contributed by atoms with Crippen molar-refractivity contribution in [1.29, 1.82) is 0 Å². The first kappa shape index (κ1) is 10.5. The number of rotatable bonds is 1. The minimum Gasteiger partial charge on any atom is -0.465 e. The second kappa shape index (κ2) is 3.96. The maximum atomic E-state index is 10.6. The first-order valence-corrected chi connectivity index (χ1v) is 6.46. The van der Waals surface area contributed by atoms with Crippen LogP contribution in [0.15, 0.2) is 18.2 Å². The van der Waals surface area contributed by atoms with Gasteiger partial charge in [0.25, 0.3) is 0 Å². The molecule has 1 aliphatic rings. The highest BCUT2D eigenvalue weighted by Gasteiger charge is 2.14. The highest BCUT2D eigenvalue weighted by atomic mass is 32.2. The minimum atomic E-state index is -1.05. The van der Waals surface area contributed by atoms with Crippen LogP contribution in [0.5, 0.6) is 0 Å². The number of fused-ring (bicyclic) bond motifs is 3. The van der Waals surface area contributed by atoms with Gasteiger partial charge < -0.3 is 9.67 Å². The number of carbonyl (C=O) groups is 1. The molecular formula is C11H11N3O2S. The summed E-state index contributed by atoms with van der Waals surface area (Å²) in [5.74, 6) is 3.10. The highest BCUT2D eigenvalue weighted by Crippen LogP contribution is 2.26.